The number of benzene rings is 1. The van der Waals surface area contributed by atoms with Crippen molar-refractivity contribution >= 4 is 17.2 Å². The van der Waals surface area contributed by atoms with Gasteiger partial charge in [-0.05, 0) is 49.4 Å². The molecule has 4 nitrogen and oxygen atoms in total. The van der Waals surface area contributed by atoms with Gasteiger partial charge in [0.25, 0.3) is 0 Å². The number of rotatable bonds is 8. The monoisotopic (exact) mass is 333 g/mol. The van der Waals surface area contributed by atoms with Gasteiger partial charge >= 0.3 is 0 Å². The number of aliphatic hydroxyl groups is 1. The van der Waals surface area contributed by atoms with Crippen molar-refractivity contribution in [1.29, 1.82) is 0 Å². The second-order valence-electron chi connectivity index (χ2n) is 5.63. The Bertz CT molecular complexity index is 593. The van der Waals surface area contributed by atoms with Gasteiger partial charge in [0, 0.05) is 17.8 Å². The molecule has 1 unspecified atom stereocenters. The molecule has 0 aliphatic carbocycles. The summed E-state index contributed by atoms with van der Waals surface area (Å²) in [7, 11) is 0. The largest absolute Gasteiger partial charge is 0.491 e. The number of thiophene rings is 1. The summed E-state index contributed by atoms with van der Waals surface area (Å²) in [6.07, 6.45) is 0.581. The number of carbonyl (C=O) groups is 1. The minimum Gasteiger partial charge on any atom is -0.491 e. The van der Waals surface area contributed by atoms with Gasteiger partial charge in [-0.25, -0.2) is 0 Å². The molecule has 0 bridgehead atoms. The highest BCUT2D eigenvalue weighted by atomic mass is 32.1. The summed E-state index contributed by atoms with van der Waals surface area (Å²) in [6.45, 7) is 4.15. The number of carbonyl (C=O) groups excluding carboxylic acids is 1. The van der Waals surface area contributed by atoms with Gasteiger partial charge in [0.1, 0.15) is 5.75 Å². The van der Waals surface area contributed by atoms with Gasteiger partial charge in [-0.1, -0.05) is 18.2 Å². The van der Waals surface area contributed by atoms with Crippen molar-refractivity contribution in [3.63, 3.8) is 0 Å². The van der Waals surface area contributed by atoms with Crippen molar-refractivity contribution in [1.82, 2.24) is 5.32 Å². The first kappa shape index (κ1) is 17.5. The van der Waals surface area contributed by atoms with E-state index in [1.807, 2.05) is 55.6 Å². The lowest BCUT2D eigenvalue weighted by Gasteiger charge is -2.14. The number of aliphatic hydroxyl groups excluding tert-OH is 1. The highest BCUT2D eigenvalue weighted by molar-refractivity contribution is 7.09. The quantitative estimate of drug-likeness (QED) is 0.779. The number of ether oxygens (including phenoxy) is 1. The normalized spacial score (nSPS) is 12.2. The number of hydrogen-bond donors (Lipinski definition) is 2. The van der Waals surface area contributed by atoms with Crippen molar-refractivity contribution in [3.05, 3.63) is 52.2 Å². The summed E-state index contributed by atoms with van der Waals surface area (Å²) in [6, 6.07) is 11.3. The minimum atomic E-state index is -0.714. The van der Waals surface area contributed by atoms with Crippen molar-refractivity contribution in [3.8, 4) is 5.75 Å². The van der Waals surface area contributed by atoms with Crippen LogP contribution < -0.4 is 10.1 Å². The lowest BCUT2D eigenvalue weighted by molar-refractivity contribution is -0.121. The maximum absolute atomic E-state index is 11.8. The summed E-state index contributed by atoms with van der Waals surface area (Å²) in [4.78, 5) is 13.0. The summed E-state index contributed by atoms with van der Waals surface area (Å²) in [5.74, 6) is 0.730. The number of nitrogens with one attached hydrogen (secondary N) is 1. The van der Waals surface area contributed by atoms with E-state index >= 15 is 0 Å². The Kier molecular flexibility index (Phi) is 6.62. The molecule has 1 amide bonds. The number of hydrogen-bond acceptors (Lipinski definition) is 4. The van der Waals surface area contributed by atoms with E-state index in [1.165, 1.54) is 4.88 Å². The fourth-order valence-corrected chi connectivity index (χ4v) is 2.86. The molecule has 1 aromatic heterocycles. The Balaban J connectivity index is 1.75. The molecule has 0 aliphatic rings. The molecule has 124 valence electrons. The lowest BCUT2D eigenvalue weighted by atomic mass is 10.1. The summed E-state index contributed by atoms with van der Waals surface area (Å²) in [5.41, 5.74) is 0.764. The van der Waals surface area contributed by atoms with Gasteiger partial charge in [-0.15, -0.1) is 11.3 Å². The van der Waals surface area contributed by atoms with Crippen LogP contribution in [0.1, 0.15) is 36.8 Å². The van der Waals surface area contributed by atoms with Gasteiger partial charge in [0.2, 0.25) is 5.91 Å². The van der Waals surface area contributed by atoms with Gasteiger partial charge in [-0.2, -0.15) is 0 Å². The number of amides is 1. The predicted molar refractivity (Wildman–Crippen MR) is 92.8 cm³/mol. The Labute approximate surface area is 141 Å². The van der Waals surface area contributed by atoms with Crippen LogP contribution in [0, 0.1) is 0 Å². The van der Waals surface area contributed by atoms with E-state index in [-0.39, 0.29) is 18.6 Å². The van der Waals surface area contributed by atoms with Crippen molar-refractivity contribution < 1.29 is 14.6 Å². The molecular weight excluding hydrogens is 310 g/mol. The fourth-order valence-electron chi connectivity index (χ4n) is 2.15. The zero-order valence-corrected chi connectivity index (χ0v) is 14.3. The van der Waals surface area contributed by atoms with Gasteiger partial charge in [0.15, 0.2) is 0 Å². The van der Waals surface area contributed by atoms with Gasteiger partial charge < -0.3 is 15.2 Å². The number of aryl methyl sites for hydroxylation is 1. The molecule has 0 spiro atoms. The highest BCUT2D eigenvalue weighted by Gasteiger charge is 2.10. The summed E-state index contributed by atoms with van der Waals surface area (Å²) in [5, 5.41) is 14.9. The van der Waals surface area contributed by atoms with Crippen LogP contribution in [0.15, 0.2) is 41.8 Å². The third kappa shape index (κ3) is 6.04. The Morgan fingerprint density at radius 1 is 1.26 bits per heavy atom. The topological polar surface area (TPSA) is 58.6 Å². The lowest BCUT2D eigenvalue weighted by Crippen LogP contribution is -2.28. The third-order valence-corrected chi connectivity index (χ3v) is 4.24. The summed E-state index contributed by atoms with van der Waals surface area (Å²) >= 11 is 1.65. The molecule has 1 aromatic carbocycles. The van der Waals surface area contributed by atoms with Crippen molar-refractivity contribution in [2.24, 2.45) is 0 Å². The molecule has 0 saturated heterocycles. The average Bonchev–Trinajstić information content (AvgIpc) is 3.04. The van der Waals surface area contributed by atoms with Crippen LogP contribution in [-0.4, -0.2) is 23.7 Å². The van der Waals surface area contributed by atoms with Crippen LogP contribution >= 0.6 is 11.3 Å². The van der Waals surface area contributed by atoms with Gasteiger partial charge in [0.05, 0.1) is 12.2 Å². The molecule has 1 heterocycles. The second kappa shape index (κ2) is 8.70. The third-order valence-electron chi connectivity index (χ3n) is 3.31. The molecule has 1 atom stereocenters. The standard InChI is InChI=1S/C18H23NO3S/c1-13(2)22-15-7-5-14(6-8-15)17(20)12-19-18(21)10-9-16-4-3-11-23-16/h3-8,11,13,17,20H,9-10,12H2,1-2H3,(H,19,21). The van der Waals surface area contributed by atoms with E-state index in [0.29, 0.717) is 6.42 Å². The van der Waals surface area contributed by atoms with Crippen LogP contribution in [0.25, 0.3) is 0 Å². The van der Waals surface area contributed by atoms with Crippen LogP contribution in [-0.2, 0) is 11.2 Å². The van der Waals surface area contributed by atoms with E-state index in [4.69, 9.17) is 4.74 Å². The molecule has 0 fully saturated rings. The predicted octanol–water partition coefficient (Wildman–Crippen LogP) is 3.32. The second-order valence-corrected chi connectivity index (χ2v) is 6.67. The fraction of sp³-hybridized carbons (Fsp3) is 0.389. The SMILES string of the molecule is CC(C)Oc1ccc(C(O)CNC(=O)CCc2cccs2)cc1. The van der Waals surface area contributed by atoms with E-state index in [9.17, 15) is 9.90 Å². The Morgan fingerprint density at radius 3 is 2.61 bits per heavy atom. The zero-order chi connectivity index (χ0) is 16.7. The molecule has 0 radical (unpaired) electrons. The average molecular weight is 333 g/mol. The van der Waals surface area contributed by atoms with E-state index in [1.54, 1.807) is 11.3 Å². The molecule has 23 heavy (non-hydrogen) atoms. The Hall–Kier alpha value is -1.85. The first-order valence-corrected chi connectivity index (χ1v) is 8.66. The molecular formula is C18H23NO3S. The molecule has 2 aromatic rings. The van der Waals surface area contributed by atoms with Crippen molar-refractivity contribution in [2.75, 3.05) is 6.54 Å². The minimum absolute atomic E-state index is 0.0442. The Morgan fingerprint density at radius 2 is 2.00 bits per heavy atom. The van der Waals surface area contributed by atoms with E-state index in [2.05, 4.69) is 5.32 Å². The van der Waals surface area contributed by atoms with Crippen LogP contribution in [0.3, 0.4) is 0 Å². The molecule has 2 N–H and O–H groups in total. The maximum atomic E-state index is 11.8. The maximum Gasteiger partial charge on any atom is 0.220 e. The molecule has 0 saturated carbocycles. The smallest absolute Gasteiger partial charge is 0.220 e. The van der Waals surface area contributed by atoms with Crippen LogP contribution in [0.2, 0.25) is 0 Å². The molecule has 2 rings (SSSR count). The summed E-state index contributed by atoms with van der Waals surface area (Å²) < 4.78 is 5.56. The first-order valence-electron chi connectivity index (χ1n) is 7.78. The molecule has 5 heteroatoms. The van der Waals surface area contributed by atoms with E-state index < -0.39 is 6.10 Å². The highest BCUT2D eigenvalue weighted by Crippen LogP contribution is 2.18. The van der Waals surface area contributed by atoms with Crippen molar-refractivity contribution in [2.45, 2.75) is 38.9 Å². The van der Waals surface area contributed by atoms with Crippen LogP contribution in [0.4, 0.5) is 0 Å². The van der Waals surface area contributed by atoms with E-state index in [0.717, 1.165) is 17.7 Å². The molecule has 0 aliphatic heterocycles. The zero-order valence-electron chi connectivity index (χ0n) is 13.5. The van der Waals surface area contributed by atoms with Crippen LogP contribution in [0.5, 0.6) is 5.75 Å². The first-order chi connectivity index (χ1) is 11.0. The van der Waals surface area contributed by atoms with Gasteiger partial charge in [-0.3, -0.25) is 4.79 Å².